The van der Waals surface area contributed by atoms with Gasteiger partial charge in [0, 0.05) is 12.6 Å². The van der Waals surface area contributed by atoms with E-state index in [2.05, 4.69) is 0 Å². The first-order chi connectivity index (χ1) is 9.54. The number of piperidine rings is 1. The van der Waals surface area contributed by atoms with Gasteiger partial charge in [-0.2, -0.15) is 0 Å². The highest BCUT2D eigenvalue weighted by atomic mass is 35.5. The van der Waals surface area contributed by atoms with Crippen LogP contribution in [0.25, 0.3) is 0 Å². The van der Waals surface area contributed by atoms with Gasteiger partial charge in [0.1, 0.15) is 11.6 Å². The van der Waals surface area contributed by atoms with Crippen molar-refractivity contribution in [2.45, 2.75) is 31.7 Å². The topological polar surface area (TPSA) is 46.3 Å². The molecule has 1 atom stereocenters. The van der Waals surface area contributed by atoms with Crippen LogP contribution in [0.3, 0.4) is 0 Å². The fourth-order valence-corrected chi connectivity index (χ4v) is 2.75. The molecule has 1 unspecified atom stereocenters. The number of benzene rings is 1. The first kappa shape index (κ1) is 18.1. The Morgan fingerprint density at radius 2 is 2.05 bits per heavy atom. The predicted molar refractivity (Wildman–Crippen MR) is 81.0 cm³/mol. The Bertz CT molecular complexity index is 512. The maximum absolute atomic E-state index is 13.8. The standard InChI is InChI=1S/C14H17ClF2N2O.ClH/c15-11-8-12(16)10(7-13(11)17)14(20)19-6-2-1-3-9(19)4-5-18;/h7-9H,1-6,18H2;1H. The van der Waals surface area contributed by atoms with Crippen LogP contribution in [-0.4, -0.2) is 29.9 Å². The maximum Gasteiger partial charge on any atom is 0.257 e. The minimum absolute atomic E-state index is 0. The van der Waals surface area contributed by atoms with E-state index in [-0.39, 0.29) is 29.0 Å². The number of nitrogens with zero attached hydrogens (tertiary/aromatic N) is 1. The lowest BCUT2D eigenvalue weighted by molar-refractivity contribution is 0.0599. The van der Waals surface area contributed by atoms with Crippen molar-refractivity contribution in [3.63, 3.8) is 0 Å². The number of nitrogens with two attached hydrogens (primary N) is 1. The fraction of sp³-hybridized carbons (Fsp3) is 0.500. The van der Waals surface area contributed by atoms with Gasteiger partial charge >= 0.3 is 0 Å². The molecule has 2 rings (SSSR count). The third-order valence-electron chi connectivity index (χ3n) is 3.63. The maximum atomic E-state index is 13.8. The molecule has 21 heavy (non-hydrogen) atoms. The molecule has 1 aliphatic heterocycles. The molecule has 0 spiro atoms. The molecule has 2 N–H and O–H groups in total. The molecule has 3 nitrogen and oxygen atoms in total. The second-order valence-electron chi connectivity index (χ2n) is 4.97. The average Bonchev–Trinajstić information content (AvgIpc) is 2.43. The van der Waals surface area contributed by atoms with Crippen molar-refractivity contribution in [3.05, 3.63) is 34.4 Å². The predicted octanol–water partition coefficient (Wildman–Crippen LogP) is 3.38. The third kappa shape index (κ3) is 4.05. The molecule has 1 fully saturated rings. The Hall–Kier alpha value is -0.910. The Morgan fingerprint density at radius 1 is 1.33 bits per heavy atom. The molecule has 0 radical (unpaired) electrons. The summed E-state index contributed by atoms with van der Waals surface area (Å²) in [6.45, 7) is 1.01. The van der Waals surface area contributed by atoms with Crippen LogP contribution >= 0.6 is 24.0 Å². The van der Waals surface area contributed by atoms with E-state index in [1.165, 1.54) is 0 Å². The minimum atomic E-state index is -0.793. The summed E-state index contributed by atoms with van der Waals surface area (Å²) in [4.78, 5) is 14.0. The van der Waals surface area contributed by atoms with Crippen molar-refractivity contribution in [2.75, 3.05) is 13.1 Å². The van der Waals surface area contributed by atoms with Crippen LogP contribution in [0, 0.1) is 11.6 Å². The van der Waals surface area contributed by atoms with Crippen molar-refractivity contribution >= 4 is 29.9 Å². The van der Waals surface area contributed by atoms with E-state index >= 15 is 0 Å². The highest BCUT2D eigenvalue weighted by Gasteiger charge is 2.29. The monoisotopic (exact) mass is 338 g/mol. The van der Waals surface area contributed by atoms with Crippen molar-refractivity contribution in [3.8, 4) is 0 Å². The van der Waals surface area contributed by atoms with E-state index in [4.69, 9.17) is 17.3 Å². The highest BCUT2D eigenvalue weighted by molar-refractivity contribution is 6.30. The van der Waals surface area contributed by atoms with Crippen LogP contribution in [-0.2, 0) is 0 Å². The summed E-state index contributed by atoms with van der Waals surface area (Å²) in [5.41, 5.74) is 5.28. The zero-order valence-electron chi connectivity index (χ0n) is 11.4. The summed E-state index contributed by atoms with van der Waals surface area (Å²) < 4.78 is 27.3. The van der Waals surface area contributed by atoms with Crippen LogP contribution in [0.4, 0.5) is 8.78 Å². The summed E-state index contributed by atoms with van der Waals surface area (Å²) in [5.74, 6) is -2.07. The van der Waals surface area contributed by atoms with Gasteiger partial charge in [0.15, 0.2) is 0 Å². The zero-order valence-corrected chi connectivity index (χ0v) is 13.0. The van der Waals surface area contributed by atoms with Crippen LogP contribution in [0.1, 0.15) is 36.0 Å². The van der Waals surface area contributed by atoms with E-state index in [0.29, 0.717) is 19.5 Å². The van der Waals surface area contributed by atoms with Gasteiger partial charge < -0.3 is 10.6 Å². The van der Waals surface area contributed by atoms with Crippen molar-refractivity contribution in [1.82, 2.24) is 4.90 Å². The van der Waals surface area contributed by atoms with Crippen molar-refractivity contribution < 1.29 is 13.6 Å². The number of amides is 1. The lowest BCUT2D eigenvalue weighted by Gasteiger charge is -2.35. The number of likely N-dealkylation sites (tertiary alicyclic amines) is 1. The summed E-state index contributed by atoms with van der Waals surface area (Å²) in [7, 11) is 0. The van der Waals surface area contributed by atoms with Crippen LogP contribution in [0.15, 0.2) is 12.1 Å². The largest absolute Gasteiger partial charge is 0.336 e. The molecule has 1 amide bonds. The first-order valence-corrected chi connectivity index (χ1v) is 7.08. The number of halogens is 4. The molecular formula is C14H18Cl2F2N2O. The van der Waals surface area contributed by atoms with Gasteiger partial charge in [-0.3, -0.25) is 4.79 Å². The highest BCUT2D eigenvalue weighted by Crippen LogP contribution is 2.25. The molecule has 7 heteroatoms. The molecule has 0 aromatic heterocycles. The molecule has 0 saturated carbocycles. The lowest BCUT2D eigenvalue weighted by atomic mass is 9.98. The third-order valence-corrected chi connectivity index (χ3v) is 3.92. The number of hydrogen-bond donors (Lipinski definition) is 1. The SMILES string of the molecule is Cl.NCCC1CCCCN1C(=O)c1cc(F)c(Cl)cc1F. The van der Waals surface area contributed by atoms with E-state index in [9.17, 15) is 13.6 Å². The number of carbonyl (C=O) groups is 1. The van der Waals surface area contributed by atoms with Crippen molar-refractivity contribution in [1.29, 1.82) is 0 Å². The van der Waals surface area contributed by atoms with E-state index in [0.717, 1.165) is 31.4 Å². The second-order valence-corrected chi connectivity index (χ2v) is 5.38. The second kappa shape index (κ2) is 7.92. The van der Waals surface area contributed by atoms with E-state index < -0.39 is 17.5 Å². The molecule has 1 saturated heterocycles. The van der Waals surface area contributed by atoms with Gasteiger partial charge in [-0.15, -0.1) is 12.4 Å². The van der Waals surface area contributed by atoms with Gasteiger partial charge in [0.05, 0.1) is 10.6 Å². The number of rotatable bonds is 3. The van der Waals surface area contributed by atoms with Gasteiger partial charge in [-0.05, 0) is 44.4 Å². The molecule has 0 aliphatic carbocycles. The van der Waals surface area contributed by atoms with E-state index in [1.807, 2.05) is 0 Å². The molecule has 118 valence electrons. The number of carbonyl (C=O) groups excluding carboxylic acids is 1. The molecule has 0 bridgehead atoms. The van der Waals surface area contributed by atoms with E-state index in [1.54, 1.807) is 4.90 Å². The smallest absolute Gasteiger partial charge is 0.257 e. The Morgan fingerprint density at radius 3 is 2.71 bits per heavy atom. The van der Waals surface area contributed by atoms with Gasteiger partial charge in [0.2, 0.25) is 0 Å². The number of hydrogen-bond acceptors (Lipinski definition) is 2. The molecular weight excluding hydrogens is 321 g/mol. The van der Waals surface area contributed by atoms with Gasteiger partial charge in [-0.25, -0.2) is 8.78 Å². The summed E-state index contributed by atoms with van der Waals surface area (Å²) in [6, 6.07) is 1.71. The Labute approximate surface area is 133 Å². The molecule has 1 heterocycles. The van der Waals surface area contributed by atoms with Gasteiger partial charge in [0.25, 0.3) is 5.91 Å². The molecule has 1 aromatic rings. The summed E-state index contributed by atoms with van der Waals surface area (Å²) >= 11 is 5.50. The quantitative estimate of drug-likeness (QED) is 0.858. The van der Waals surface area contributed by atoms with Crippen molar-refractivity contribution in [2.24, 2.45) is 5.73 Å². The summed E-state index contributed by atoms with van der Waals surface area (Å²) in [6.07, 6.45) is 3.40. The minimum Gasteiger partial charge on any atom is -0.336 e. The Kier molecular flexibility index (Phi) is 6.84. The first-order valence-electron chi connectivity index (χ1n) is 6.70. The van der Waals surface area contributed by atoms with Crippen LogP contribution in [0.2, 0.25) is 5.02 Å². The Balaban J connectivity index is 0.00000220. The average molecular weight is 339 g/mol. The van der Waals surface area contributed by atoms with Crippen LogP contribution < -0.4 is 5.73 Å². The molecule has 1 aliphatic rings. The fourth-order valence-electron chi connectivity index (χ4n) is 2.60. The molecule has 1 aromatic carbocycles. The van der Waals surface area contributed by atoms with Gasteiger partial charge in [-0.1, -0.05) is 11.6 Å². The normalized spacial score (nSPS) is 18.3. The van der Waals surface area contributed by atoms with Crippen LogP contribution in [0.5, 0.6) is 0 Å². The zero-order chi connectivity index (χ0) is 14.7. The summed E-state index contributed by atoms with van der Waals surface area (Å²) in [5, 5.41) is -0.323. The lowest BCUT2D eigenvalue weighted by Crippen LogP contribution is -2.44.